The van der Waals surface area contributed by atoms with Gasteiger partial charge in [-0.25, -0.2) is 4.79 Å². The molecule has 2 N–H and O–H groups in total. The van der Waals surface area contributed by atoms with E-state index in [-0.39, 0.29) is 30.6 Å². The highest BCUT2D eigenvalue weighted by molar-refractivity contribution is 6.00. The standard InChI is InChI=1S/C27H36N4O5.ClH/c1-16-19(4)35-25-18(3)26-21(13-20(16)25)17(2)22(27(34)36-26)14-24(33)31-11-9-30(10-12-31)15-23(32)28-7-8-29(5)6;/h13H,7-12,14-15H2,1-6H3,(H,28,32);1H. The molecule has 37 heavy (non-hydrogen) atoms. The van der Waals surface area contributed by atoms with E-state index in [2.05, 4.69) is 10.2 Å². The number of quaternary nitrogens is 1. The highest BCUT2D eigenvalue weighted by Gasteiger charge is 2.25. The number of halogens is 1. The third-order valence-corrected chi connectivity index (χ3v) is 7.31. The molecule has 0 radical (unpaired) electrons. The second-order valence-corrected chi connectivity index (χ2v) is 10.2. The molecule has 1 aliphatic rings. The van der Waals surface area contributed by atoms with Gasteiger partial charge in [-0.3, -0.25) is 14.5 Å². The number of aryl methyl sites for hydroxylation is 4. The number of hydrogen-bond donors (Lipinski definition) is 2. The van der Waals surface area contributed by atoms with E-state index in [1.54, 1.807) is 4.90 Å². The normalized spacial score (nSPS) is 14.4. The van der Waals surface area contributed by atoms with Crippen molar-refractivity contribution in [3.05, 3.63) is 44.5 Å². The SMILES string of the molecule is Cc1oc2c(C)c3oc(=O)c(CC(=O)N4CCN(CC(=O)NCC[NH+](C)C)CC4)c(C)c3cc2c1C.[Cl-]. The number of benzene rings is 1. The number of carbonyl (C=O) groups excluding carboxylic acids is 2. The Kier molecular flexibility index (Phi) is 9.05. The average molecular weight is 533 g/mol. The summed E-state index contributed by atoms with van der Waals surface area (Å²) in [7, 11) is 4.10. The molecule has 0 spiro atoms. The predicted octanol–water partition coefficient (Wildman–Crippen LogP) is -2.28. The molecule has 1 saturated heterocycles. The predicted molar refractivity (Wildman–Crippen MR) is 139 cm³/mol. The fourth-order valence-electron chi connectivity index (χ4n) is 4.83. The van der Waals surface area contributed by atoms with Crippen LogP contribution in [0.2, 0.25) is 0 Å². The Morgan fingerprint density at radius 1 is 0.946 bits per heavy atom. The molecule has 0 unspecified atom stereocenters. The number of amides is 2. The van der Waals surface area contributed by atoms with E-state index in [1.807, 2.05) is 47.9 Å². The van der Waals surface area contributed by atoms with Crippen LogP contribution in [0.3, 0.4) is 0 Å². The van der Waals surface area contributed by atoms with Gasteiger partial charge < -0.3 is 36.4 Å². The summed E-state index contributed by atoms with van der Waals surface area (Å²) in [6, 6.07) is 2.00. The van der Waals surface area contributed by atoms with Crippen LogP contribution in [0.15, 0.2) is 19.7 Å². The number of likely N-dealkylation sites (N-methyl/N-ethyl adjacent to an activating group) is 1. The van der Waals surface area contributed by atoms with E-state index < -0.39 is 5.63 Å². The Morgan fingerprint density at radius 3 is 2.22 bits per heavy atom. The monoisotopic (exact) mass is 532 g/mol. The number of rotatable bonds is 7. The largest absolute Gasteiger partial charge is 1.00 e. The minimum atomic E-state index is -0.481. The first-order valence-corrected chi connectivity index (χ1v) is 12.6. The van der Waals surface area contributed by atoms with Crippen LogP contribution in [-0.4, -0.2) is 81.5 Å². The van der Waals surface area contributed by atoms with Crippen molar-refractivity contribution in [3.63, 3.8) is 0 Å². The summed E-state index contributed by atoms with van der Waals surface area (Å²) in [5, 5.41) is 4.77. The molecule has 0 saturated carbocycles. The maximum absolute atomic E-state index is 13.1. The lowest BCUT2D eigenvalue weighted by molar-refractivity contribution is -0.856. The van der Waals surface area contributed by atoms with E-state index in [1.165, 1.54) is 4.90 Å². The second kappa shape index (κ2) is 11.7. The number of piperazine rings is 1. The summed E-state index contributed by atoms with van der Waals surface area (Å²) >= 11 is 0. The highest BCUT2D eigenvalue weighted by atomic mass is 35.5. The van der Waals surface area contributed by atoms with E-state index in [0.717, 1.165) is 45.4 Å². The van der Waals surface area contributed by atoms with Gasteiger partial charge in [-0.05, 0) is 44.9 Å². The van der Waals surface area contributed by atoms with Crippen LogP contribution >= 0.6 is 0 Å². The molecular formula is C27H37ClN4O5. The van der Waals surface area contributed by atoms with Crippen LogP contribution in [-0.2, 0) is 16.0 Å². The lowest BCUT2D eigenvalue weighted by Gasteiger charge is -2.34. The third kappa shape index (κ3) is 6.00. The quantitative estimate of drug-likeness (QED) is 0.333. The van der Waals surface area contributed by atoms with Gasteiger partial charge in [-0.2, -0.15) is 0 Å². The molecular weight excluding hydrogens is 496 g/mol. The average Bonchev–Trinajstić information content (AvgIpc) is 3.11. The van der Waals surface area contributed by atoms with E-state index in [9.17, 15) is 14.4 Å². The molecule has 2 aromatic heterocycles. The maximum atomic E-state index is 13.1. The fraction of sp³-hybridized carbons (Fsp3) is 0.519. The number of fused-ring (bicyclic) bond motifs is 2. The minimum Gasteiger partial charge on any atom is -1.00 e. The lowest BCUT2D eigenvalue weighted by atomic mass is 9.98. The van der Waals surface area contributed by atoms with Crippen molar-refractivity contribution in [2.75, 3.05) is 59.9 Å². The number of hydrogen-bond acceptors (Lipinski definition) is 6. The van der Waals surface area contributed by atoms with Crippen LogP contribution in [0.4, 0.5) is 0 Å². The Bertz CT molecular complexity index is 1370. The molecule has 0 atom stereocenters. The van der Waals surface area contributed by atoms with Crippen molar-refractivity contribution in [3.8, 4) is 0 Å². The molecule has 10 heteroatoms. The van der Waals surface area contributed by atoms with Gasteiger partial charge in [0, 0.05) is 42.5 Å². The summed E-state index contributed by atoms with van der Waals surface area (Å²) in [6.07, 6.45) is -0.00204. The maximum Gasteiger partial charge on any atom is 0.340 e. The van der Waals surface area contributed by atoms with Gasteiger partial charge in [-0.15, -0.1) is 0 Å². The molecule has 0 aliphatic carbocycles. The van der Waals surface area contributed by atoms with E-state index in [0.29, 0.717) is 50.4 Å². The van der Waals surface area contributed by atoms with Crippen molar-refractivity contribution < 1.29 is 35.7 Å². The van der Waals surface area contributed by atoms with Crippen LogP contribution in [0.25, 0.3) is 21.9 Å². The molecule has 0 bridgehead atoms. The summed E-state index contributed by atoms with van der Waals surface area (Å²) in [5.74, 6) is 0.744. The lowest BCUT2D eigenvalue weighted by Crippen LogP contribution is -3.06. The molecule has 9 nitrogen and oxygen atoms in total. The fourth-order valence-corrected chi connectivity index (χ4v) is 4.83. The summed E-state index contributed by atoms with van der Waals surface area (Å²) in [6.45, 7) is 11.9. The van der Waals surface area contributed by atoms with Crippen molar-refractivity contribution in [1.29, 1.82) is 0 Å². The van der Waals surface area contributed by atoms with Crippen LogP contribution < -0.4 is 28.2 Å². The van der Waals surface area contributed by atoms with Crippen molar-refractivity contribution in [2.45, 2.75) is 34.1 Å². The topological polar surface area (TPSA) is 100 Å². The van der Waals surface area contributed by atoms with Crippen LogP contribution in [0.5, 0.6) is 0 Å². The molecule has 4 rings (SSSR count). The van der Waals surface area contributed by atoms with Crippen molar-refractivity contribution in [1.82, 2.24) is 15.1 Å². The first-order valence-electron chi connectivity index (χ1n) is 12.6. The molecule has 1 fully saturated rings. The van der Waals surface area contributed by atoms with Gasteiger partial charge in [0.05, 0.1) is 45.7 Å². The van der Waals surface area contributed by atoms with Gasteiger partial charge in [-0.1, -0.05) is 0 Å². The number of carbonyl (C=O) groups is 2. The smallest absolute Gasteiger partial charge is 0.340 e. The first-order chi connectivity index (χ1) is 17.1. The molecule has 2 amide bonds. The Labute approximate surface area is 223 Å². The van der Waals surface area contributed by atoms with Gasteiger partial charge in [0.2, 0.25) is 11.8 Å². The zero-order chi connectivity index (χ0) is 26.1. The third-order valence-electron chi connectivity index (χ3n) is 7.31. The zero-order valence-electron chi connectivity index (χ0n) is 22.5. The van der Waals surface area contributed by atoms with E-state index >= 15 is 0 Å². The van der Waals surface area contributed by atoms with Crippen LogP contribution in [0.1, 0.15) is 28.0 Å². The van der Waals surface area contributed by atoms with Crippen LogP contribution in [0, 0.1) is 27.7 Å². The van der Waals surface area contributed by atoms with Gasteiger partial charge in [0.1, 0.15) is 16.9 Å². The summed E-state index contributed by atoms with van der Waals surface area (Å²) in [4.78, 5) is 43.3. The van der Waals surface area contributed by atoms with Gasteiger partial charge in [0.25, 0.3) is 0 Å². The number of nitrogens with zero attached hydrogens (tertiary/aromatic N) is 2. The first kappa shape index (κ1) is 28.7. The Hall–Kier alpha value is -2.88. The minimum absolute atomic E-state index is 0. The van der Waals surface area contributed by atoms with E-state index in [4.69, 9.17) is 8.83 Å². The summed E-state index contributed by atoms with van der Waals surface area (Å²) < 4.78 is 11.6. The van der Waals surface area contributed by atoms with Gasteiger partial charge >= 0.3 is 5.63 Å². The molecule has 3 aromatic rings. The summed E-state index contributed by atoms with van der Waals surface area (Å²) in [5.41, 5.74) is 3.78. The Balaban J connectivity index is 0.00000380. The molecule has 3 heterocycles. The number of furan rings is 1. The molecule has 1 aliphatic heterocycles. The van der Waals surface area contributed by atoms with Crippen molar-refractivity contribution >= 4 is 33.8 Å². The van der Waals surface area contributed by atoms with Gasteiger partial charge in [0.15, 0.2) is 0 Å². The Morgan fingerprint density at radius 2 is 1.57 bits per heavy atom. The number of nitrogens with one attached hydrogen (secondary N) is 2. The zero-order valence-corrected chi connectivity index (χ0v) is 23.3. The highest BCUT2D eigenvalue weighted by Crippen LogP contribution is 2.34. The molecule has 202 valence electrons. The molecule has 1 aromatic carbocycles. The van der Waals surface area contributed by atoms with Crippen molar-refractivity contribution in [2.24, 2.45) is 0 Å². The second-order valence-electron chi connectivity index (χ2n) is 10.2.